The molecule has 1 amide bonds. The molecule has 6 bridgehead atoms. The van der Waals surface area contributed by atoms with Crippen LogP contribution in [0, 0.1) is 0 Å². The summed E-state index contributed by atoms with van der Waals surface area (Å²) >= 11 is 0. The second kappa shape index (κ2) is 4.48. The highest BCUT2D eigenvalue weighted by Crippen LogP contribution is 2.45. The molecule has 5 nitrogen and oxygen atoms in total. The highest BCUT2D eigenvalue weighted by molar-refractivity contribution is 6.14. The van der Waals surface area contributed by atoms with Crippen LogP contribution in [-0.2, 0) is 0 Å². The molecule has 2 aromatic carbocycles. The van der Waals surface area contributed by atoms with Gasteiger partial charge in [-0.25, -0.2) is 0 Å². The standard InChI is InChI=1S/C20H12N2O3/c21-19(24)17-14-9-15(20(25)22-12-5-6-13(22)8-7-12)18(23)16(17)11-3-1-10(14)2-4-11/h1-9,23H,(H2,21,24). The van der Waals surface area contributed by atoms with Crippen LogP contribution in [0.2, 0.25) is 0 Å². The molecule has 2 aromatic heterocycles. The number of amides is 1. The van der Waals surface area contributed by atoms with Gasteiger partial charge in [-0.1, -0.05) is 24.3 Å². The summed E-state index contributed by atoms with van der Waals surface area (Å²) in [7, 11) is 0. The number of nitrogens with zero attached hydrogens (tertiary/aromatic N) is 1. The number of carbonyl (C=O) groups is 2. The largest absolute Gasteiger partial charge is 0.506 e. The molecule has 2 aliphatic rings. The lowest BCUT2D eigenvalue weighted by Gasteiger charge is -2.15. The summed E-state index contributed by atoms with van der Waals surface area (Å²) in [5.41, 5.74) is 9.80. The van der Waals surface area contributed by atoms with Gasteiger partial charge in [0.25, 0.3) is 5.91 Å². The Morgan fingerprint density at radius 2 is 1.44 bits per heavy atom. The van der Waals surface area contributed by atoms with E-state index >= 15 is 0 Å². The number of aromatic nitrogens is 1. The van der Waals surface area contributed by atoms with Crippen molar-refractivity contribution in [1.82, 2.24) is 4.57 Å². The summed E-state index contributed by atoms with van der Waals surface area (Å²) in [4.78, 5) is 25.1. The molecule has 0 spiro atoms. The molecule has 0 saturated heterocycles. The molecular weight excluding hydrogens is 316 g/mol. The monoisotopic (exact) mass is 328 g/mol. The van der Waals surface area contributed by atoms with Gasteiger partial charge >= 0.3 is 0 Å². The van der Waals surface area contributed by atoms with Crippen LogP contribution in [0.4, 0.5) is 0 Å². The van der Waals surface area contributed by atoms with Gasteiger partial charge in [-0.3, -0.25) is 14.2 Å². The van der Waals surface area contributed by atoms with E-state index in [0.29, 0.717) is 16.7 Å². The Morgan fingerprint density at radius 3 is 2.00 bits per heavy atom. The van der Waals surface area contributed by atoms with E-state index in [1.807, 2.05) is 48.5 Å². The van der Waals surface area contributed by atoms with Crippen molar-refractivity contribution in [2.75, 3.05) is 0 Å². The van der Waals surface area contributed by atoms with Crippen molar-refractivity contribution < 1.29 is 14.7 Å². The lowest BCUT2D eigenvalue weighted by Crippen LogP contribution is -2.16. The molecule has 120 valence electrons. The Hall–Kier alpha value is -3.60. The SMILES string of the molecule is NC(=O)c1c2cc(C(=O)n3c4ccc3cc4)c(O)c1-c1ccc-2cc1. The fraction of sp³-hybridized carbons (Fsp3) is 0. The summed E-state index contributed by atoms with van der Waals surface area (Å²) in [5, 5.41) is 10.8. The summed E-state index contributed by atoms with van der Waals surface area (Å²) in [6.45, 7) is 0. The number of nitrogens with two attached hydrogens (primary N) is 1. The van der Waals surface area contributed by atoms with Crippen LogP contribution in [0.15, 0.2) is 54.6 Å². The highest BCUT2D eigenvalue weighted by atomic mass is 16.3. The lowest BCUT2D eigenvalue weighted by atomic mass is 9.92. The predicted octanol–water partition coefficient (Wildman–Crippen LogP) is 3.22. The predicted molar refractivity (Wildman–Crippen MR) is 93.9 cm³/mol. The number of primary amides is 1. The molecule has 5 heteroatoms. The van der Waals surface area contributed by atoms with E-state index in [1.165, 1.54) is 0 Å². The number of phenolic OH excluding ortho intramolecular Hbond substituents is 1. The maximum Gasteiger partial charge on any atom is 0.266 e. The van der Waals surface area contributed by atoms with Gasteiger partial charge in [0.15, 0.2) is 0 Å². The van der Waals surface area contributed by atoms with E-state index in [-0.39, 0.29) is 22.8 Å². The molecule has 0 saturated carbocycles. The fourth-order valence-electron chi connectivity index (χ4n) is 3.67. The van der Waals surface area contributed by atoms with Crippen LogP contribution in [0.5, 0.6) is 5.75 Å². The number of carbonyl (C=O) groups excluding carboxylic acids is 2. The number of hydrogen-bond donors (Lipinski definition) is 2. The summed E-state index contributed by atoms with van der Waals surface area (Å²) in [5.74, 6) is -1.18. The van der Waals surface area contributed by atoms with Crippen molar-refractivity contribution in [3.05, 3.63) is 65.7 Å². The summed E-state index contributed by atoms with van der Waals surface area (Å²) in [6, 6.07) is 16.3. The van der Waals surface area contributed by atoms with E-state index in [2.05, 4.69) is 0 Å². The Morgan fingerprint density at radius 1 is 0.880 bits per heavy atom. The molecule has 4 aromatic rings. The second-order valence-electron chi connectivity index (χ2n) is 6.17. The van der Waals surface area contributed by atoms with Crippen LogP contribution in [0.25, 0.3) is 33.3 Å². The third-order valence-electron chi connectivity index (χ3n) is 4.83. The molecule has 0 aliphatic heterocycles. The van der Waals surface area contributed by atoms with Crippen molar-refractivity contribution in [3.8, 4) is 28.0 Å². The van der Waals surface area contributed by atoms with Crippen LogP contribution in [0.1, 0.15) is 20.7 Å². The molecule has 3 N–H and O–H groups in total. The Balaban J connectivity index is 1.84. The van der Waals surface area contributed by atoms with Gasteiger partial charge < -0.3 is 10.8 Å². The summed E-state index contributed by atoms with van der Waals surface area (Å²) in [6.07, 6.45) is 0. The minimum Gasteiger partial charge on any atom is -0.506 e. The van der Waals surface area contributed by atoms with Gasteiger partial charge in [0.2, 0.25) is 5.91 Å². The molecule has 0 unspecified atom stereocenters. The first-order chi connectivity index (χ1) is 12.1. The molecule has 0 atom stereocenters. The number of phenols is 1. The number of rotatable bonds is 2. The van der Waals surface area contributed by atoms with Crippen LogP contribution < -0.4 is 5.73 Å². The van der Waals surface area contributed by atoms with Crippen LogP contribution in [-0.4, -0.2) is 21.5 Å². The Bertz CT molecular complexity index is 1140. The number of hydrogen-bond acceptors (Lipinski definition) is 3. The topological polar surface area (TPSA) is 85.3 Å². The molecular formula is C20H12N2O3. The van der Waals surface area contributed by atoms with Crippen molar-refractivity contribution in [2.24, 2.45) is 5.73 Å². The maximum atomic E-state index is 13.1. The van der Waals surface area contributed by atoms with Crippen LogP contribution in [0.3, 0.4) is 0 Å². The first-order valence-electron chi connectivity index (χ1n) is 7.81. The minimum absolute atomic E-state index is 0.153. The molecule has 0 fully saturated rings. The van der Waals surface area contributed by atoms with Gasteiger partial charge in [-0.2, -0.15) is 0 Å². The third kappa shape index (κ3) is 1.67. The fourth-order valence-corrected chi connectivity index (χ4v) is 3.67. The lowest BCUT2D eigenvalue weighted by molar-refractivity contribution is 0.0963. The van der Waals surface area contributed by atoms with E-state index in [9.17, 15) is 14.7 Å². The normalized spacial score (nSPS) is 11.8. The first kappa shape index (κ1) is 13.8. The Labute approximate surface area is 142 Å². The second-order valence-corrected chi connectivity index (χ2v) is 6.17. The molecule has 6 rings (SSSR count). The van der Waals surface area contributed by atoms with E-state index < -0.39 is 5.91 Å². The quantitative estimate of drug-likeness (QED) is 0.522. The van der Waals surface area contributed by atoms with E-state index in [4.69, 9.17) is 5.73 Å². The van der Waals surface area contributed by atoms with Crippen molar-refractivity contribution >= 4 is 22.8 Å². The van der Waals surface area contributed by atoms with Gasteiger partial charge in [0, 0.05) is 16.6 Å². The van der Waals surface area contributed by atoms with Crippen molar-refractivity contribution in [3.63, 3.8) is 0 Å². The zero-order valence-corrected chi connectivity index (χ0v) is 13.0. The number of fused-ring (bicyclic) bond motifs is 4. The average molecular weight is 328 g/mol. The number of aromatic hydroxyl groups is 1. The average Bonchev–Trinajstić information content (AvgIpc) is 3.15. The number of benzene rings is 3. The first-order valence-corrected chi connectivity index (χ1v) is 7.81. The summed E-state index contributed by atoms with van der Waals surface area (Å²) < 4.78 is 1.54. The van der Waals surface area contributed by atoms with Gasteiger partial charge in [0.1, 0.15) is 5.75 Å². The maximum absolute atomic E-state index is 13.1. The molecule has 0 radical (unpaired) electrons. The molecule has 2 heterocycles. The zero-order valence-electron chi connectivity index (χ0n) is 13.0. The van der Waals surface area contributed by atoms with Crippen LogP contribution >= 0.6 is 0 Å². The smallest absolute Gasteiger partial charge is 0.266 e. The molecule has 25 heavy (non-hydrogen) atoms. The van der Waals surface area contributed by atoms with E-state index in [0.717, 1.165) is 16.6 Å². The van der Waals surface area contributed by atoms with Crippen molar-refractivity contribution in [2.45, 2.75) is 0 Å². The van der Waals surface area contributed by atoms with E-state index in [1.54, 1.807) is 10.6 Å². The van der Waals surface area contributed by atoms with Crippen molar-refractivity contribution in [1.29, 1.82) is 0 Å². The van der Waals surface area contributed by atoms with Gasteiger partial charge in [-0.15, -0.1) is 0 Å². The molecule has 2 aliphatic carbocycles. The van der Waals surface area contributed by atoms with Gasteiger partial charge in [0.05, 0.1) is 11.1 Å². The van der Waals surface area contributed by atoms with Gasteiger partial charge in [-0.05, 0) is 47.0 Å². The highest BCUT2D eigenvalue weighted by Gasteiger charge is 2.29. The zero-order chi connectivity index (χ0) is 17.3. The third-order valence-corrected chi connectivity index (χ3v) is 4.83. The Kier molecular flexibility index (Phi) is 2.47. The minimum atomic E-state index is -0.630.